The van der Waals surface area contributed by atoms with Crippen LogP contribution in [0.15, 0.2) is 42.5 Å². The van der Waals surface area contributed by atoms with Crippen LogP contribution >= 0.6 is 0 Å². The topological polar surface area (TPSA) is 86.8 Å². The van der Waals surface area contributed by atoms with Crippen molar-refractivity contribution in [1.29, 1.82) is 0 Å². The number of nitrogens with one attached hydrogen (secondary N) is 1. The maximum Gasteiger partial charge on any atom is 0.262 e. The predicted molar refractivity (Wildman–Crippen MR) is 130 cm³/mol. The fourth-order valence-corrected chi connectivity index (χ4v) is 5.25. The second kappa shape index (κ2) is 9.05. The number of para-hydroxylation sites is 1. The molecule has 1 aliphatic heterocycles. The lowest BCUT2D eigenvalue weighted by atomic mass is 9.79. The quantitative estimate of drug-likeness (QED) is 0.680. The Bertz CT molecular complexity index is 1110. The summed E-state index contributed by atoms with van der Waals surface area (Å²) in [6, 6.07) is 11.4. The average molecular weight is 462 g/mol. The van der Waals surface area contributed by atoms with Crippen LogP contribution < -0.4 is 5.32 Å². The molecule has 0 aromatic heterocycles. The molecular formula is C27H31N3O4. The minimum absolute atomic E-state index is 0.227. The van der Waals surface area contributed by atoms with Crippen molar-refractivity contribution >= 4 is 29.3 Å². The summed E-state index contributed by atoms with van der Waals surface area (Å²) in [7, 11) is 1.62. The first-order valence-corrected chi connectivity index (χ1v) is 11.8. The number of anilines is 1. The van der Waals surface area contributed by atoms with E-state index in [2.05, 4.69) is 5.32 Å². The van der Waals surface area contributed by atoms with Gasteiger partial charge in [0.15, 0.2) is 0 Å². The van der Waals surface area contributed by atoms with Crippen molar-refractivity contribution in [3.05, 3.63) is 64.7 Å². The molecule has 2 aromatic rings. The second-order valence-electron chi connectivity index (χ2n) is 9.41. The van der Waals surface area contributed by atoms with Gasteiger partial charge < -0.3 is 10.2 Å². The molecule has 2 aliphatic rings. The lowest BCUT2D eigenvalue weighted by Gasteiger charge is -2.44. The van der Waals surface area contributed by atoms with E-state index in [0.717, 1.165) is 41.0 Å². The summed E-state index contributed by atoms with van der Waals surface area (Å²) in [6.07, 6.45) is 3.69. The highest BCUT2D eigenvalue weighted by Gasteiger charge is 2.49. The molecular weight excluding hydrogens is 430 g/mol. The third kappa shape index (κ3) is 3.79. The van der Waals surface area contributed by atoms with Crippen LogP contribution in [-0.2, 0) is 9.59 Å². The van der Waals surface area contributed by atoms with Crippen molar-refractivity contribution in [2.45, 2.75) is 64.5 Å². The van der Waals surface area contributed by atoms with Crippen molar-refractivity contribution in [2.24, 2.45) is 0 Å². The van der Waals surface area contributed by atoms with Crippen LogP contribution in [0.25, 0.3) is 0 Å². The molecule has 0 radical (unpaired) electrons. The first kappa shape index (κ1) is 23.7. The average Bonchev–Trinajstić information content (AvgIpc) is 3.10. The second-order valence-corrected chi connectivity index (χ2v) is 9.41. The van der Waals surface area contributed by atoms with Crippen molar-refractivity contribution in [3.8, 4) is 0 Å². The van der Waals surface area contributed by atoms with Gasteiger partial charge in [0.25, 0.3) is 11.8 Å². The van der Waals surface area contributed by atoms with E-state index >= 15 is 0 Å². The molecule has 0 bridgehead atoms. The highest BCUT2D eigenvalue weighted by Crippen LogP contribution is 2.36. The van der Waals surface area contributed by atoms with E-state index in [4.69, 9.17) is 0 Å². The van der Waals surface area contributed by atoms with E-state index in [0.29, 0.717) is 24.0 Å². The lowest BCUT2D eigenvalue weighted by Crippen LogP contribution is -2.62. The Labute approximate surface area is 200 Å². The van der Waals surface area contributed by atoms with Crippen molar-refractivity contribution < 1.29 is 19.2 Å². The molecule has 1 atom stereocenters. The Morgan fingerprint density at radius 2 is 1.44 bits per heavy atom. The molecule has 7 heteroatoms. The lowest BCUT2D eigenvalue weighted by molar-refractivity contribution is -0.148. The van der Waals surface area contributed by atoms with Crippen molar-refractivity contribution in [2.75, 3.05) is 12.4 Å². The van der Waals surface area contributed by atoms with Gasteiger partial charge >= 0.3 is 0 Å². The maximum atomic E-state index is 13.7. The highest BCUT2D eigenvalue weighted by molar-refractivity contribution is 6.22. The van der Waals surface area contributed by atoms with E-state index in [1.807, 2.05) is 32.0 Å². The van der Waals surface area contributed by atoms with Crippen LogP contribution in [0.4, 0.5) is 5.69 Å². The van der Waals surface area contributed by atoms with Crippen LogP contribution in [-0.4, -0.2) is 52.1 Å². The van der Waals surface area contributed by atoms with E-state index < -0.39 is 29.3 Å². The van der Waals surface area contributed by atoms with Gasteiger partial charge in [0, 0.05) is 12.7 Å². The Morgan fingerprint density at radius 1 is 0.912 bits per heavy atom. The Hall–Kier alpha value is -3.48. The maximum absolute atomic E-state index is 13.7. The van der Waals surface area contributed by atoms with Gasteiger partial charge in [0.1, 0.15) is 11.6 Å². The molecule has 4 rings (SSSR count). The number of aryl methyl sites for hydroxylation is 2. The van der Waals surface area contributed by atoms with Crippen molar-refractivity contribution in [1.82, 2.24) is 9.80 Å². The van der Waals surface area contributed by atoms with Gasteiger partial charge in [-0.2, -0.15) is 0 Å². The SMILES string of the molecule is Cc1cccc(C)c1NC(=O)C1(N(C)C(=O)[C@H](C)N2C(=O)c3ccccc3C2=O)CCCCC1. The predicted octanol–water partition coefficient (Wildman–Crippen LogP) is 4.09. The minimum Gasteiger partial charge on any atom is -0.329 e. The molecule has 1 aliphatic carbocycles. The number of hydrogen-bond donors (Lipinski definition) is 1. The number of hydrogen-bond acceptors (Lipinski definition) is 4. The normalized spacial score (nSPS) is 17.8. The largest absolute Gasteiger partial charge is 0.329 e. The fraction of sp³-hybridized carbons (Fsp3) is 0.407. The van der Waals surface area contributed by atoms with Crippen molar-refractivity contribution in [3.63, 3.8) is 0 Å². The molecule has 2 aromatic carbocycles. The van der Waals surface area contributed by atoms with Gasteiger partial charge in [-0.3, -0.25) is 24.1 Å². The number of fused-ring (bicyclic) bond motifs is 1. The molecule has 7 nitrogen and oxygen atoms in total. The zero-order valence-electron chi connectivity index (χ0n) is 20.2. The highest BCUT2D eigenvalue weighted by atomic mass is 16.2. The summed E-state index contributed by atoms with van der Waals surface area (Å²) in [5, 5.41) is 3.08. The summed E-state index contributed by atoms with van der Waals surface area (Å²) in [5.41, 5.74) is 2.22. The van der Waals surface area contributed by atoms with Gasteiger partial charge in [0.2, 0.25) is 11.8 Å². The van der Waals surface area contributed by atoms with Gasteiger partial charge in [-0.15, -0.1) is 0 Å². The summed E-state index contributed by atoms with van der Waals surface area (Å²) >= 11 is 0. The van der Waals surface area contributed by atoms with Crippen LogP contribution in [0.1, 0.15) is 70.9 Å². The monoisotopic (exact) mass is 461 g/mol. The molecule has 34 heavy (non-hydrogen) atoms. The van der Waals surface area contributed by atoms with Crippen LogP contribution in [0, 0.1) is 13.8 Å². The molecule has 1 fully saturated rings. The first-order valence-electron chi connectivity index (χ1n) is 11.8. The molecule has 178 valence electrons. The summed E-state index contributed by atoms with van der Waals surface area (Å²) in [6.45, 7) is 5.44. The number of nitrogens with zero attached hydrogens (tertiary/aromatic N) is 2. The number of rotatable bonds is 5. The standard InChI is InChI=1S/C27H31N3O4/c1-17-11-10-12-18(2)22(17)28-26(34)27(15-8-5-9-16-27)29(4)23(31)19(3)30-24(32)20-13-6-7-14-21(20)25(30)33/h6-7,10-14,19H,5,8-9,15-16H2,1-4H3,(H,28,34)/t19-/m0/s1. The number of likely N-dealkylation sites (N-methyl/N-ethyl adjacent to an activating group) is 1. The molecule has 1 heterocycles. The molecule has 1 saturated carbocycles. The number of amides is 4. The van der Waals surface area contributed by atoms with Gasteiger partial charge in [-0.05, 0) is 56.9 Å². The van der Waals surface area contributed by atoms with Crippen LogP contribution in [0.5, 0.6) is 0 Å². The number of carbonyl (C=O) groups excluding carboxylic acids is 4. The van der Waals surface area contributed by atoms with E-state index in [1.165, 1.54) is 4.90 Å². The van der Waals surface area contributed by atoms with Crippen LogP contribution in [0.3, 0.4) is 0 Å². The third-order valence-electron chi connectivity index (χ3n) is 7.37. The van der Waals surface area contributed by atoms with E-state index in [1.54, 1.807) is 38.2 Å². The summed E-state index contributed by atoms with van der Waals surface area (Å²) in [4.78, 5) is 55.8. The van der Waals surface area contributed by atoms with Crippen LogP contribution in [0.2, 0.25) is 0 Å². The Morgan fingerprint density at radius 3 is 1.97 bits per heavy atom. The zero-order chi connectivity index (χ0) is 24.6. The summed E-state index contributed by atoms with van der Waals surface area (Å²) < 4.78 is 0. The Balaban J connectivity index is 1.62. The fourth-order valence-electron chi connectivity index (χ4n) is 5.25. The van der Waals surface area contributed by atoms with Gasteiger partial charge in [0.05, 0.1) is 11.1 Å². The Kier molecular flexibility index (Phi) is 6.30. The molecule has 4 amide bonds. The first-order chi connectivity index (χ1) is 16.2. The van der Waals surface area contributed by atoms with Gasteiger partial charge in [-0.1, -0.05) is 49.6 Å². The minimum atomic E-state index is -1.04. The summed E-state index contributed by atoms with van der Waals surface area (Å²) in [5.74, 6) is -1.61. The van der Waals surface area contributed by atoms with E-state index in [-0.39, 0.29) is 5.91 Å². The smallest absolute Gasteiger partial charge is 0.262 e. The zero-order valence-corrected chi connectivity index (χ0v) is 20.2. The number of imide groups is 1. The molecule has 0 saturated heterocycles. The van der Waals surface area contributed by atoms with E-state index in [9.17, 15) is 19.2 Å². The number of benzene rings is 2. The molecule has 0 spiro atoms. The third-order valence-corrected chi connectivity index (χ3v) is 7.37. The molecule has 0 unspecified atom stereocenters. The molecule has 1 N–H and O–H groups in total. The number of carbonyl (C=O) groups is 4. The van der Waals surface area contributed by atoms with Gasteiger partial charge in [-0.25, -0.2) is 0 Å².